The van der Waals surface area contributed by atoms with E-state index in [1.54, 1.807) is 4.90 Å². The summed E-state index contributed by atoms with van der Waals surface area (Å²) in [5.41, 5.74) is 2.75. The van der Waals surface area contributed by atoms with Crippen LogP contribution in [0.3, 0.4) is 0 Å². The molecule has 0 radical (unpaired) electrons. The zero-order valence-corrected chi connectivity index (χ0v) is 13.1. The van der Waals surface area contributed by atoms with Gasteiger partial charge in [0, 0.05) is 18.5 Å². The lowest BCUT2D eigenvalue weighted by Gasteiger charge is -2.29. The molecule has 0 spiro atoms. The fourth-order valence-corrected chi connectivity index (χ4v) is 3.29. The number of benzene rings is 1. The molecule has 1 atom stereocenters. The predicted molar refractivity (Wildman–Crippen MR) is 81.2 cm³/mol. The second kappa shape index (κ2) is 4.93. The first kappa shape index (κ1) is 14.8. The first-order chi connectivity index (χ1) is 10.3. The van der Waals surface area contributed by atoms with E-state index in [1.807, 2.05) is 18.2 Å². The third-order valence-corrected chi connectivity index (χ3v) is 4.39. The summed E-state index contributed by atoms with van der Waals surface area (Å²) in [6.07, 6.45) is 0.678. The first-order valence-corrected chi connectivity index (χ1v) is 7.56. The molecule has 0 saturated carbocycles. The smallest absolute Gasteiger partial charge is 0.255 e. The second-order valence-electron chi connectivity index (χ2n) is 6.98. The Bertz CT molecular complexity index is 673. The molecule has 0 bridgehead atoms. The van der Waals surface area contributed by atoms with Gasteiger partial charge in [0.2, 0.25) is 11.8 Å². The van der Waals surface area contributed by atoms with Crippen molar-refractivity contribution < 1.29 is 14.4 Å². The summed E-state index contributed by atoms with van der Waals surface area (Å²) in [4.78, 5) is 37.6. The number of nitrogens with zero attached hydrogens (tertiary/aromatic N) is 1. The van der Waals surface area contributed by atoms with Crippen LogP contribution in [0.15, 0.2) is 18.2 Å². The number of amides is 3. The van der Waals surface area contributed by atoms with Crippen LogP contribution in [0.4, 0.5) is 0 Å². The summed E-state index contributed by atoms with van der Waals surface area (Å²) in [5.74, 6) is -0.744. The molecule has 2 heterocycles. The maximum absolute atomic E-state index is 12.7. The number of carbonyl (C=O) groups is 3. The van der Waals surface area contributed by atoms with Gasteiger partial charge < -0.3 is 4.90 Å². The van der Waals surface area contributed by atoms with Gasteiger partial charge in [-0.05, 0) is 29.0 Å². The van der Waals surface area contributed by atoms with Crippen molar-refractivity contribution >= 4 is 17.7 Å². The largest absolute Gasteiger partial charge is 0.322 e. The molecule has 1 aromatic carbocycles. The quantitative estimate of drug-likeness (QED) is 0.803. The highest BCUT2D eigenvalue weighted by atomic mass is 16.2. The van der Waals surface area contributed by atoms with Gasteiger partial charge in [0.15, 0.2) is 0 Å². The normalized spacial score (nSPS) is 21.9. The van der Waals surface area contributed by atoms with Crippen molar-refractivity contribution in [2.24, 2.45) is 0 Å². The van der Waals surface area contributed by atoms with Crippen molar-refractivity contribution in [2.45, 2.75) is 51.6 Å². The topological polar surface area (TPSA) is 66.5 Å². The molecule has 22 heavy (non-hydrogen) atoms. The maximum atomic E-state index is 12.7. The van der Waals surface area contributed by atoms with Crippen LogP contribution in [-0.2, 0) is 21.5 Å². The molecule has 2 aliphatic heterocycles. The van der Waals surface area contributed by atoms with Crippen molar-refractivity contribution in [1.29, 1.82) is 0 Å². The predicted octanol–water partition coefficient (Wildman–Crippen LogP) is 1.75. The molecule has 5 nitrogen and oxygen atoms in total. The zero-order chi connectivity index (χ0) is 16.1. The highest BCUT2D eigenvalue weighted by Crippen LogP contribution is 2.35. The lowest BCUT2D eigenvalue weighted by atomic mass is 9.83. The minimum absolute atomic E-state index is 0.0631. The summed E-state index contributed by atoms with van der Waals surface area (Å²) >= 11 is 0. The van der Waals surface area contributed by atoms with Gasteiger partial charge in [-0.2, -0.15) is 0 Å². The molecule has 0 aromatic heterocycles. The monoisotopic (exact) mass is 300 g/mol. The van der Waals surface area contributed by atoms with E-state index in [0.717, 1.165) is 11.1 Å². The molecule has 3 rings (SSSR count). The molecular formula is C17H20N2O3. The van der Waals surface area contributed by atoms with Gasteiger partial charge in [-0.1, -0.05) is 32.9 Å². The molecule has 2 aliphatic rings. The molecular weight excluding hydrogens is 280 g/mol. The summed E-state index contributed by atoms with van der Waals surface area (Å²) in [7, 11) is 0. The SMILES string of the molecule is CC(C)(C)c1cccc2c1CN([C@H]1CCC(=O)NC1=O)C2=O. The van der Waals surface area contributed by atoms with E-state index in [-0.39, 0.29) is 29.6 Å². The Hall–Kier alpha value is -2.17. The van der Waals surface area contributed by atoms with Crippen molar-refractivity contribution in [1.82, 2.24) is 10.2 Å². The van der Waals surface area contributed by atoms with Gasteiger partial charge in [-0.3, -0.25) is 19.7 Å². The van der Waals surface area contributed by atoms with E-state index >= 15 is 0 Å². The summed E-state index contributed by atoms with van der Waals surface area (Å²) in [6, 6.07) is 5.20. The zero-order valence-electron chi connectivity index (χ0n) is 13.1. The number of fused-ring (bicyclic) bond motifs is 1. The molecule has 1 saturated heterocycles. The number of nitrogens with one attached hydrogen (secondary N) is 1. The molecule has 1 N–H and O–H groups in total. The van der Waals surface area contributed by atoms with E-state index < -0.39 is 6.04 Å². The van der Waals surface area contributed by atoms with Crippen LogP contribution in [-0.4, -0.2) is 28.7 Å². The molecule has 0 aliphatic carbocycles. The Labute approximate surface area is 129 Å². The van der Waals surface area contributed by atoms with Crippen molar-refractivity contribution in [2.75, 3.05) is 0 Å². The molecule has 3 amide bonds. The first-order valence-electron chi connectivity index (χ1n) is 7.56. The Morgan fingerprint density at radius 3 is 2.55 bits per heavy atom. The number of imide groups is 1. The fraction of sp³-hybridized carbons (Fsp3) is 0.471. The highest BCUT2D eigenvalue weighted by Gasteiger charge is 2.40. The average Bonchev–Trinajstić information content (AvgIpc) is 2.75. The summed E-state index contributed by atoms with van der Waals surface area (Å²) in [5, 5.41) is 2.33. The van der Waals surface area contributed by atoms with Gasteiger partial charge in [-0.25, -0.2) is 0 Å². The van der Waals surface area contributed by atoms with Crippen molar-refractivity contribution in [3.63, 3.8) is 0 Å². The summed E-state index contributed by atoms with van der Waals surface area (Å²) < 4.78 is 0. The number of piperidine rings is 1. The fourth-order valence-electron chi connectivity index (χ4n) is 3.29. The second-order valence-corrected chi connectivity index (χ2v) is 6.98. The van der Waals surface area contributed by atoms with Gasteiger partial charge >= 0.3 is 0 Å². The highest BCUT2D eigenvalue weighted by molar-refractivity contribution is 6.05. The number of carbonyl (C=O) groups excluding carboxylic acids is 3. The van der Waals surface area contributed by atoms with Crippen molar-refractivity contribution in [3.8, 4) is 0 Å². The lowest BCUT2D eigenvalue weighted by molar-refractivity contribution is -0.136. The Balaban J connectivity index is 1.95. The number of rotatable bonds is 1. The van der Waals surface area contributed by atoms with E-state index in [1.165, 1.54) is 0 Å². The third kappa shape index (κ3) is 2.30. The van der Waals surface area contributed by atoms with Crippen LogP contribution in [0.25, 0.3) is 0 Å². The maximum Gasteiger partial charge on any atom is 0.255 e. The van der Waals surface area contributed by atoms with Crippen LogP contribution in [0.5, 0.6) is 0 Å². The van der Waals surface area contributed by atoms with Crippen LogP contribution in [0.1, 0.15) is 55.1 Å². The molecule has 1 fully saturated rings. The Morgan fingerprint density at radius 1 is 1.18 bits per heavy atom. The average molecular weight is 300 g/mol. The van der Waals surface area contributed by atoms with Gasteiger partial charge in [0.05, 0.1) is 0 Å². The minimum atomic E-state index is -0.551. The van der Waals surface area contributed by atoms with E-state index in [0.29, 0.717) is 18.5 Å². The van der Waals surface area contributed by atoms with Gasteiger partial charge in [0.25, 0.3) is 5.91 Å². The molecule has 1 aromatic rings. The van der Waals surface area contributed by atoms with Crippen LogP contribution in [0.2, 0.25) is 0 Å². The number of hydrogen-bond acceptors (Lipinski definition) is 3. The van der Waals surface area contributed by atoms with E-state index in [2.05, 4.69) is 26.1 Å². The molecule has 116 valence electrons. The lowest BCUT2D eigenvalue weighted by Crippen LogP contribution is -2.52. The molecule has 5 heteroatoms. The van der Waals surface area contributed by atoms with Crippen LogP contribution < -0.4 is 5.32 Å². The number of hydrogen-bond donors (Lipinski definition) is 1. The standard InChI is InChI=1S/C17H20N2O3/c1-17(2,3)12-6-4-5-10-11(12)9-19(16(10)22)13-7-8-14(20)18-15(13)21/h4-6,13H,7-9H2,1-3H3,(H,18,20,21)/t13-/m0/s1. The summed E-state index contributed by atoms with van der Waals surface area (Å²) in [6.45, 7) is 6.78. The molecule has 0 unspecified atom stereocenters. The van der Waals surface area contributed by atoms with E-state index in [4.69, 9.17) is 0 Å². The van der Waals surface area contributed by atoms with Gasteiger partial charge in [0.1, 0.15) is 6.04 Å². The van der Waals surface area contributed by atoms with Crippen molar-refractivity contribution in [3.05, 3.63) is 34.9 Å². The van der Waals surface area contributed by atoms with E-state index in [9.17, 15) is 14.4 Å². The third-order valence-electron chi connectivity index (χ3n) is 4.39. The Morgan fingerprint density at radius 2 is 1.91 bits per heavy atom. The van der Waals surface area contributed by atoms with Gasteiger partial charge in [-0.15, -0.1) is 0 Å². The minimum Gasteiger partial charge on any atom is -0.322 e. The van der Waals surface area contributed by atoms with Crippen LogP contribution >= 0.6 is 0 Å². The Kier molecular flexibility index (Phi) is 3.31. The van der Waals surface area contributed by atoms with Crippen LogP contribution in [0, 0.1) is 0 Å².